The van der Waals surface area contributed by atoms with Crippen LogP contribution < -0.4 is 5.73 Å². The fourth-order valence-electron chi connectivity index (χ4n) is 11.5. The molecule has 10 atom stereocenters. The number of hydrogen-bond acceptors (Lipinski definition) is 21. The molecule has 0 saturated heterocycles. The fourth-order valence-corrected chi connectivity index (χ4v) is 13.4. The Labute approximate surface area is 622 Å². The lowest BCUT2D eigenvalue weighted by atomic mass is 9.84. The Kier molecular flexibility index (Phi) is 43.2. The van der Waals surface area contributed by atoms with E-state index in [0.717, 1.165) is 54.4 Å². The molecule has 6 N–H and O–H groups in total. The van der Waals surface area contributed by atoms with E-state index in [1.165, 1.54) is 62.8 Å². The van der Waals surface area contributed by atoms with Gasteiger partial charge in [-0.05, 0) is 197 Å². The summed E-state index contributed by atoms with van der Waals surface area (Å²) in [5, 5.41) is 0. The third-order valence-electron chi connectivity index (χ3n) is 18.6. The third-order valence-corrected chi connectivity index (χ3v) is 22.1. The molecule has 10 unspecified atom stereocenters. The van der Waals surface area contributed by atoms with Crippen molar-refractivity contribution in [3.63, 3.8) is 0 Å². The van der Waals surface area contributed by atoms with Crippen molar-refractivity contribution >= 4 is 76.0 Å². The molecule has 4 aromatic rings. The molecule has 1 saturated carbocycles. The smallest absolute Gasteiger partial charge is 0.309 e. The molecule has 0 heterocycles. The Bertz CT molecular complexity index is 3740. The average Bonchev–Trinajstić information content (AvgIpc) is 1.43. The van der Waals surface area contributed by atoms with E-state index < -0.39 is 58.3 Å². The lowest BCUT2D eigenvalue weighted by Crippen LogP contribution is -2.28. The molecule has 0 bridgehead atoms. The summed E-state index contributed by atoms with van der Waals surface area (Å²) in [7, 11) is -12.3. The molecule has 105 heavy (non-hydrogen) atoms. The summed E-state index contributed by atoms with van der Waals surface area (Å²) >= 11 is 0. The van der Waals surface area contributed by atoms with Gasteiger partial charge in [0.15, 0.2) is 0 Å². The number of nitrogens with two attached hydrogens (primary N) is 1. The zero-order chi connectivity index (χ0) is 79.3. The van der Waals surface area contributed by atoms with Crippen LogP contribution >= 0.6 is 0 Å². The van der Waals surface area contributed by atoms with E-state index in [1.54, 1.807) is 62.6 Å². The maximum absolute atomic E-state index is 12.8. The normalized spacial score (nSPS) is 15.2. The van der Waals surface area contributed by atoms with Gasteiger partial charge in [-0.1, -0.05) is 110 Å². The van der Waals surface area contributed by atoms with E-state index in [9.17, 15) is 62.4 Å². The molecule has 4 aromatic carbocycles. The van der Waals surface area contributed by atoms with Crippen molar-refractivity contribution < 1.29 is 114 Å². The summed E-state index contributed by atoms with van der Waals surface area (Å²) in [6, 6.07) is 24.1. The molecule has 592 valence electrons. The monoisotopic (exact) mass is 1560 g/mol. The van der Waals surface area contributed by atoms with Gasteiger partial charge in [0.05, 0.1) is 69.7 Å². The van der Waals surface area contributed by atoms with Crippen LogP contribution in [0.3, 0.4) is 0 Å². The first-order valence-corrected chi connectivity index (χ1v) is 41.3. The van der Waals surface area contributed by atoms with Crippen LogP contribution in [0.2, 0.25) is 0 Å². The number of rotatable bonds is 44. The number of hydrogen-bond donors (Lipinski definition) is 5. The molecular weight excluding hydrogens is 1440 g/mol. The average molecular weight is 1560 g/mol. The number of amides is 1. The van der Waals surface area contributed by atoms with Gasteiger partial charge in [0.2, 0.25) is 5.91 Å². The van der Waals surface area contributed by atoms with Gasteiger partial charge < -0.3 is 38.9 Å². The van der Waals surface area contributed by atoms with Gasteiger partial charge in [0.25, 0.3) is 40.5 Å². The topological polar surface area (TPSA) is 411 Å². The molecule has 0 aromatic heterocycles. The van der Waals surface area contributed by atoms with E-state index in [1.807, 2.05) is 55.4 Å². The maximum atomic E-state index is 12.8. The van der Waals surface area contributed by atoms with Crippen LogP contribution in [0.4, 0.5) is 0 Å². The summed E-state index contributed by atoms with van der Waals surface area (Å²) in [4.78, 5) is 72.1. The van der Waals surface area contributed by atoms with Gasteiger partial charge in [-0.3, -0.25) is 47.0 Å². The predicted molar refractivity (Wildman–Crippen MR) is 394 cm³/mol. The van der Waals surface area contributed by atoms with Crippen LogP contribution in [0.15, 0.2) is 117 Å². The van der Waals surface area contributed by atoms with Gasteiger partial charge >= 0.3 is 23.9 Å². The van der Waals surface area contributed by atoms with Crippen LogP contribution in [0.5, 0.6) is 0 Å². The number of methoxy groups -OCH3 is 3. The highest BCUT2D eigenvalue weighted by Crippen LogP contribution is 2.35. The van der Waals surface area contributed by atoms with Gasteiger partial charge in [0, 0.05) is 33.2 Å². The quantitative estimate of drug-likeness (QED) is 0.0119. The van der Waals surface area contributed by atoms with E-state index in [-0.39, 0.29) is 123 Å². The molecule has 26 nitrogen and oxygen atoms in total. The molecule has 1 aliphatic carbocycles. The Balaban J connectivity index is 0.000000482. The minimum absolute atomic E-state index is 0.0179. The fraction of sp³-hybridized carbons (Fsp3) is 0.600. The summed E-state index contributed by atoms with van der Waals surface area (Å²) in [5.41, 5.74) is 8.92. The van der Waals surface area contributed by atoms with Crippen LogP contribution in [0, 0.1) is 41.4 Å². The molecule has 0 spiro atoms. The standard InChI is InChI=1S/C23H34O8S.C21H32O7S.C17H26O6S.C14H21NO4S/c1-4-18(22(24)31-15-17-5-6-17)14-20(23(25)30-12-11-29-3)13-16(2)19-7-9-21(10-8-19)32(26,27)28;1-15(17(3)22)6-5-7-19(21(23)28-13-12-27-4)14-16(2)18-8-10-20(11-9-18)29(24,25)26;1-4-13(12-14(5-2)17(18)23-11-10-22-3)15-6-8-16(9-7-15)24(19,20)21;1-3-10(9-11(4-2)14(15)16)12-5-7-13(8-6-12)20(17,18)19/h7-10,16-18,20H,4-6,11-15H2,1-3H3,(H,26,27,28);8-11,15-16,19H,5-7,12-14H2,1-4H3,(H,24,25,26);6-9,13-14H,4-5,10-12H2,1-3H3,(H,19,20,21);5-8,10-11H,3-4,9H2,1-2H3,(H2,15,16)(H,17,18,19). The minimum Gasteiger partial charge on any atom is -0.465 e. The summed E-state index contributed by atoms with van der Waals surface area (Å²) < 4.78 is 161. The third kappa shape index (κ3) is 36.3. The van der Waals surface area contributed by atoms with E-state index >= 15 is 0 Å². The number of ketones is 1. The zero-order valence-corrected chi connectivity index (χ0v) is 66.0. The molecule has 0 aliphatic heterocycles. The largest absolute Gasteiger partial charge is 0.465 e. The van der Waals surface area contributed by atoms with Crippen LogP contribution in [0.25, 0.3) is 0 Å². The highest BCUT2D eigenvalue weighted by Gasteiger charge is 2.33. The van der Waals surface area contributed by atoms with Crippen molar-refractivity contribution in [1.29, 1.82) is 0 Å². The Morgan fingerprint density at radius 1 is 0.400 bits per heavy atom. The molecule has 1 amide bonds. The first-order valence-electron chi connectivity index (χ1n) is 35.6. The number of ether oxygens (including phenoxy) is 7. The Morgan fingerprint density at radius 2 is 0.705 bits per heavy atom. The maximum Gasteiger partial charge on any atom is 0.309 e. The second-order valence-corrected chi connectivity index (χ2v) is 32.2. The van der Waals surface area contributed by atoms with Crippen molar-refractivity contribution in [3.05, 3.63) is 119 Å². The zero-order valence-electron chi connectivity index (χ0n) is 62.7. The molecule has 0 radical (unpaired) electrons. The van der Waals surface area contributed by atoms with Crippen molar-refractivity contribution in [2.24, 2.45) is 47.2 Å². The highest BCUT2D eigenvalue weighted by molar-refractivity contribution is 7.86. The summed E-state index contributed by atoms with van der Waals surface area (Å²) in [6.45, 7) is 19.1. The molecule has 5 rings (SSSR count). The first-order chi connectivity index (χ1) is 49.3. The number of primary amides is 1. The predicted octanol–water partition coefficient (Wildman–Crippen LogP) is 12.6. The second-order valence-electron chi connectivity index (χ2n) is 26.5. The van der Waals surface area contributed by atoms with Crippen molar-refractivity contribution in [2.45, 2.75) is 202 Å². The van der Waals surface area contributed by atoms with E-state index in [0.29, 0.717) is 89.9 Å². The van der Waals surface area contributed by atoms with Crippen LogP contribution in [-0.2, 0) is 102 Å². The molecule has 1 fully saturated rings. The number of carbonyl (C=O) groups excluding carboxylic acids is 6. The number of benzene rings is 4. The van der Waals surface area contributed by atoms with Crippen molar-refractivity contribution in [3.8, 4) is 0 Å². The second kappa shape index (κ2) is 48.0. The molecular formula is C75H113NO25S4. The van der Waals surface area contributed by atoms with Gasteiger partial charge in [-0.2, -0.15) is 33.7 Å². The Hall–Kier alpha value is -6.58. The van der Waals surface area contributed by atoms with Gasteiger partial charge in [-0.15, -0.1) is 0 Å². The Morgan fingerprint density at radius 3 is 1.01 bits per heavy atom. The molecule has 30 heteroatoms. The lowest BCUT2D eigenvalue weighted by Gasteiger charge is -2.24. The van der Waals surface area contributed by atoms with E-state index in [4.69, 9.17) is 57.1 Å². The SMILES string of the molecule is CCC(CC(CC(C)c1ccc(S(=O)(=O)O)cc1)C(=O)OCCOC)C(=O)OCC1CC1.CCC(CC(CC)c1ccc(S(=O)(=O)O)cc1)C(=O)OCCOC.CCC(CC(CC)c1ccc(S(=O)(=O)O)cc1)C(N)=O.COCCOC(=O)C(CCCC(C)C(C)=O)CC(C)c1ccc(S(=O)(=O)O)cc1. The highest BCUT2D eigenvalue weighted by atomic mass is 32.2. The minimum atomic E-state index is -4.27. The number of esters is 4. The van der Waals surface area contributed by atoms with Gasteiger partial charge in [-0.25, -0.2) is 0 Å². The number of carbonyl (C=O) groups is 6. The summed E-state index contributed by atoms with van der Waals surface area (Å²) in [6.07, 6.45) is 10.3. The lowest BCUT2D eigenvalue weighted by molar-refractivity contribution is -0.154. The molecule has 1 aliphatic rings. The van der Waals surface area contributed by atoms with Crippen LogP contribution in [0.1, 0.15) is 205 Å². The first kappa shape index (κ1) is 94.5. The van der Waals surface area contributed by atoms with E-state index in [2.05, 4.69) is 0 Å². The van der Waals surface area contributed by atoms with Crippen molar-refractivity contribution in [2.75, 3.05) is 67.6 Å². The summed E-state index contributed by atoms with van der Waals surface area (Å²) in [5.74, 6) is -2.46. The van der Waals surface area contributed by atoms with Gasteiger partial charge in [0.1, 0.15) is 25.6 Å². The van der Waals surface area contributed by atoms with Crippen molar-refractivity contribution in [1.82, 2.24) is 0 Å². The van der Waals surface area contributed by atoms with Crippen LogP contribution in [-0.4, -0.2) is 155 Å². The number of Topliss-reactive ketones (excluding diaryl/α,β-unsaturated/α-hetero) is 1.